The monoisotopic (exact) mass is 213 g/mol. The quantitative estimate of drug-likeness (QED) is 0.737. The van der Waals surface area contributed by atoms with Crippen LogP contribution >= 0.6 is 0 Å². The second-order valence-corrected chi connectivity index (χ2v) is 5.27. The predicted molar refractivity (Wildman–Crippen MR) is 64.6 cm³/mol. The van der Waals surface area contributed by atoms with Crippen LogP contribution in [-0.4, -0.2) is 17.8 Å². The van der Waals surface area contributed by atoms with Crippen LogP contribution in [0.1, 0.15) is 52.4 Å². The third kappa shape index (κ3) is 3.76. The summed E-state index contributed by atoms with van der Waals surface area (Å²) in [6.45, 7) is 4.79. The first-order valence-electron chi connectivity index (χ1n) is 6.55. The zero-order valence-corrected chi connectivity index (χ0v) is 10.3. The van der Waals surface area contributed by atoms with Gasteiger partial charge in [-0.05, 0) is 43.4 Å². The van der Waals surface area contributed by atoms with Gasteiger partial charge in [0.1, 0.15) is 0 Å². The van der Waals surface area contributed by atoms with Gasteiger partial charge in [0.2, 0.25) is 0 Å². The lowest BCUT2D eigenvalue weighted by Crippen LogP contribution is -2.36. The Bertz CT molecular complexity index is 164. The molecule has 1 aliphatic rings. The van der Waals surface area contributed by atoms with Crippen molar-refractivity contribution in [1.29, 1.82) is 0 Å². The Labute approximate surface area is 94.2 Å². The van der Waals surface area contributed by atoms with Crippen LogP contribution in [0.2, 0.25) is 0 Å². The Morgan fingerprint density at radius 3 is 2.33 bits per heavy atom. The molecule has 0 aromatic heterocycles. The summed E-state index contributed by atoms with van der Waals surface area (Å²) < 4.78 is 0. The summed E-state index contributed by atoms with van der Waals surface area (Å²) >= 11 is 0. The molecule has 0 aliphatic heterocycles. The molecule has 2 atom stereocenters. The van der Waals surface area contributed by atoms with Gasteiger partial charge in [-0.25, -0.2) is 0 Å². The van der Waals surface area contributed by atoms with Gasteiger partial charge in [0.25, 0.3) is 0 Å². The molecule has 15 heavy (non-hydrogen) atoms. The average molecular weight is 213 g/mol. The largest absolute Gasteiger partial charge is 0.396 e. The maximum Gasteiger partial charge on any atom is 0.0434 e. The first-order valence-corrected chi connectivity index (χ1v) is 6.55. The van der Waals surface area contributed by atoms with Crippen LogP contribution in [-0.2, 0) is 0 Å². The highest BCUT2D eigenvalue weighted by atomic mass is 16.3. The van der Waals surface area contributed by atoms with Crippen LogP contribution in [0, 0.1) is 17.8 Å². The summed E-state index contributed by atoms with van der Waals surface area (Å²) in [4.78, 5) is 0. The molecule has 0 aromatic rings. The van der Waals surface area contributed by atoms with E-state index in [0.717, 1.165) is 24.7 Å². The van der Waals surface area contributed by atoms with Crippen molar-refractivity contribution in [2.45, 2.75) is 58.4 Å². The van der Waals surface area contributed by atoms with Crippen LogP contribution in [0.25, 0.3) is 0 Å². The minimum Gasteiger partial charge on any atom is -0.396 e. The summed E-state index contributed by atoms with van der Waals surface area (Å²) in [5.41, 5.74) is 6.16. The second kappa shape index (κ2) is 6.49. The Hall–Kier alpha value is -0.0800. The first-order chi connectivity index (χ1) is 7.19. The highest BCUT2D eigenvalue weighted by molar-refractivity contribution is 4.82. The van der Waals surface area contributed by atoms with Crippen molar-refractivity contribution in [2.24, 2.45) is 23.5 Å². The van der Waals surface area contributed by atoms with Crippen LogP contribution in [0.15, 0.2) is 0 Å². The number of hydrogen-bond donors (Lipinski definition) is 2. The summed E-state index contributed by atoms with van der Waals surface area (Å²) in [6.07, 6.45) is 7.27. The first kappa shape index (κ1) is 13.0. The van der Waals surface area contributed by atoms with E-state index in [2.05, 4.69) is 13.8 Å². The van der Waals surface area contributed by atoms with Gasteiger partial charge in [0, 0.05) is 12.6 Å². The Balaban J connectivity index is 2.47. The SMILES string of the molecule is CCC(N)C(CCO)C1CCC(C)CC1. The van der Waals surface area contributed by atoms with E-state index in [9.17, 15) is 0 Å². The van der Waals surface area contributed by atoms with Crippen LogP contribution in [0.3, 0.4) is 0 Å². The molecule has 0 spiro atoms. The normalized spacial score (nSPS) is 31.2. The van der Waals surface area contributed by atoms with E-state index in [1.165, 1.54) is 25.7 Å². The topological polar surface area (TPSA) is 46.2 Å². The fraction of sp³-hybridized carbons (Fsp3) is 1.00. The van der Waals surface area contributed by atoms with Crippen molar-refractivity contribution in [3.8, 4) is 0 Å². The zero-order chi connectivity index (χ0) is 11.3. The van der Waals surface area contributed by atoms with E-state index < -0.39 is 0 Å². The molecule has 1 rings (SSSR count). The zero-order valence-electron chi connectivity index (χ0n) is 10.3. The van der Waals surface area contributed by atoms with Gasteiger partial charge in [-0.1, -0.05) is 26.7 Å². The van der Waals surface area contributed by atoms with Crippen molar-refractivity contribution >= 4 is 0 Å². The van der Waals surface area contributed by atoms with E-state index in [1.54, 1.807) is 0 Å². The van der Waals surface area contributed by atoms with E-state index in [-0.39, 0.29) is 6.04 Å². The molecule has 0 radical (unpaired) electrons. The second-order valence-electron chi connectivity index (χ2n) is 5.27. The van der Waals surface area contributed by atoms with Crippen molar-refractivity contribution in [2.75, 3.05) is 6.61 Å². The lowest BCUT2D eigenvalue weighted by molar-refractivity contribution is 0.147. The lowest BCUT2D eigenvalue weighted by Gasteiger charge is -2.35. The molecule has 0 aromatic carbocycles. The molecule has 1 aliphatic carbocycles. The van der Waals surface area contributed by atoms with Crippen LogP contribution < -0.4 is 5.73 Å². The summed E-state index contributed by atoms with van der Waals surface area (Å²) in [7, 11) is 0. The van der Waals surface area contributed by atoms with Crippen molar-refractivity contribution in [3.63, 3.8) is 0 Å². The Morgan fingerprint density at radius 2 is 1.87 bits per heavy atom. The van der Waals surface area contributed by atoms with Gasteiger partial charge >= 0.3 is 0 Å². The smallest absolute Gasteiger partial charge is 0.0434 e. The fourth-order valence-electron chi connectivity index (χ4n) is 2.97. The van der Waals surface area contributed by atoms with Gasteiger partial charge < -0.3 is 10.8 Å². The van der Waals surface area contributed by atoms with E-state index >= 15 is 0 Å². The Morgan fingerprint density at radius 1 is 1.27 bits per heavy atom. The highest BCUT2D eigenvalue weighted by Gasteiger charge is 2.28. The molecule has 2 nitrogen and oxygen atoms in total. The minimum absolute atomic E-state index is 0.288. The molecule has 90 valence electrons. The molecule has 2 heteroatoms. The Kier molecular flexibility index (Phi) is 5.62. The van der Waals surface area contributed by atoms with Crippen LogP contribution in [0.4, 0.5) is 0 Å². The predicted octanol–water partition coefficient (Wildman–Crippen LogP) is 2.55. The molecule has 3 N–H and O–H groups in total. The van der Waals surface area contributed by atoms with Crippen LogP contribution in [0.5, 0.6) is 0 Å². The van der Waals surface area contributed by atoms with Crippen molar-refractivity contribution in [3.05, 3.63) is 0 Å². The summed E-state index contributed by atoms with van der Waals surface area (Å²) in [5, 5.41) is 9.11. The molecule has 0 heterocycles. The van der Waals surface area contributed by atoms with E-state index in [4.69, 9.17) is 10.8 Å². The van der Waals surface area contributed by atoms with Gasteiger partial charge in [0.05, 0.1) is 0 Å². The molecule has 1 saturated carbocycles. The third-order valence-corrected chi connectivity index (χ3v) is 4.15. The average Bonchev–Trinajstić information content (AvgIpc) is 2.26. The van der Waals surface area contributed by atoms with E-state index in [1.807, 2.05) is 0 Å². The fourth-order valence-corrected chi connectivity index (χ4v) is 2.97. The van der Waals surface area contributed by atoms with Crippen molar-refractivity contribution < 1.29 is 5.11 Å². The number of hydrogen-bond acceptors (Lipinski definition) is 2. The maximum absolute atomic E-state index is 9.11. The highest BCUT2D eigenvalue weighted by Crippen LogP contribution is 2.36. The molecule has 2 unspecified atom stereocenters. The summed E-state index contributed by atoms with van der Waals surface area (Å²) in [6, 6.07) is 0.288. The molecular weight excluding hydrogens is 186 g/mol. The lowest BCUT2D eigenvalue weighted by atomic mass is 9.72. The molecule has 0 bridgehead atoms. The van der Waals surface area contributed by atoms with E-state index in [0.29, 0.717) is 12.5 Å². The van der Waals surface area contributed by atoms with Gasteiger partial charge in [-0.2, -0.15) is 0 Å². The summed E-state index contributed by atoms with van der Waals surface area (Å²) in [5.74, 6) is 2.21. The van der Waals surface area contributed by atoms with Gasteiger partial charge in [-0.15, -0.1) is 0 Å². The molecule has 1 fully saturated rings. The minimum atomic E-state index is 0.288. The maximum atomic E-state index is 9.11. The van der Waals surface area contributed by atoms with Gasteiger partial charge in [-0.3, -0.25) is 0 Å². The molecule has 0 saturated heterocycles. The number of aliphatic hydroxyl groups is 1. The molecular formula is C13H27NO. The van der Waals surface area contributed by atoms with Gasteiger partial charge in [0.15, 0.2) is 0 Å². The number of rotatable bonds is 5. The number of nitrogens with two attached hydrogens (primary N) is 1. The number of aliphatic hydroxyl groups excluding tert-OH is 1. The third-order valence-electron chi connectivity index (χ3n) is 4.15. The molecule has 0 amide bonds. The standard InChI is InChI=1S/C13H27NO/c1-3-13(14)12(8-9-15)11-6-4-10(2)5-7-11/h10-13,15H,3-9,14H2,1-2H3. The van der Waals surface area contributed by atoms with Crippen molar-refractivity contribution in [1.82, 2.24) is 0 Å².